The van der Waals surface area contributed by atoms with Gasteiger partial charge in [0.05, 0.1) is 6.61 Å². The van der Waals surface area contributed by atoms with Crippen molar-refractivity contribution in [2.24, 2.45) is 46.3 Å². The molecule has 0 radical (unpaired) electrons. The van der Waals surface area contributed by atoms with E-state index in [2.05, 4.69) is 46.0 Å². The minimum Gasteiger partial charge on any atom is -0.446 e. The molecule has 6 rings (SSSR count). The molecule has 1 heterocycles. The molecule has 1 aromatic carbocycles. The van der Waals surface area contributed by atoms with E-state index in [-0.39, 0.29) is 11.5 Å². The number of fused-ring (bicyclic) bond motifs is 5. The van der Waals surface area contributed by atoms with Crippen molar-refractivity contribution in [2.75, 3.05) is 11.9 Å². The van der Waals surface area contributed by atoms with Crippen LogP contribution in [0.5, 0.6) is 0 Å². The number of benzene rings is 1. The Kier molecular flexibility index (Phi) is 10.7. The Bertz CT molecular complexity index is 1310. The van der Waals surface area contributed by atoms with Gasteiger partial charge in [-0.25, -0.2) is 4.79 Å². The van der Waals surface area contributed by atoms with Gasteiger partial charge < -0.3 is 29.9 Å². The Balaban J connectivity index is 1.09. The van der Waals surface area contributed by atoms with Crippen LogP contribution in [0.1, 0.15) is 117 Å². The third kappa shape index (κ3) is 6.61. The molecule has 8 nitrogen and oxygen atoms in total. The molecule has 0 aromatic heterocycles. The van der Waals surface area contributed by atoms with E-state index in [4.69, 9.17) is 9.47 Å². The van der Waals surface area contributed by atoms with E-state index in [0.717, 1.165) is 55.3 Å². The Morgan fingerprint density at radius 3 is 2.50 bits per heavy atom. The monoisotopic (exact) mass is 667 g/mol. The highest BCUT2D eigenvalue weighted by atomic mass is 16.6. The number of carbonyl (C=O) groups is 1. The minimum absolute atomic E-state index is 0.164. The van der Waals surface area contributed by atoms with Crippen LogP contribution < -0.4 is 5.32 Å². The zero-order valence-corrected chi connectivity index (χ0v) is 29.8. The smallest absolute Gasteiger partial charge is 0.411 e. The zero-order valence-electron chi connectivity index (χ0n) is 29.8. The third-order valence-electron chi connectivity index (χ3n) is 13.9. The van der Waals surface area contributed by atoms with Gasteiger partial charge in [0.25, 0.3) is 0 Å². The number of ether oxygens (including phenoxy) is 2. The van der Waals surface area contributed by atoms with Crippen molar-refractivity contribution in [3.05, 3.63) is 41.5 Å². The van der Waals surface area contributed by atoms with Crippen LogP contribution in [0, 0.1) is 46.3 Å². The number of aliphatic hydroxyl groups excluding tert-OH is 4. The molecule has 5 N–H and O–H groups in total. The highest BCUT2D eigenvalue weighted by molar-refractivity contribution is 5.86. The van der Waals surface area contributed by atoms with E-state index in [1.807, 2.05) is 0 Å². The van der Waals surface area contributed by atoms with Crippen LogP contribution in [0.2, 0.25) is 0 Å². The van der Waals surface area contributed by atoms with Crippen molar-refractivity contribution < 1.29 is 34.7 Å². The van der Waals surface area contributed by atoms with Crippen molar-refractivity contribution in [2.45, 2.75) is 142 Å². The summed E-state index contributed by atoms with van der Waals surface area (Å²) in [7, 11) is 0. The summed E-state index contributed by atoms with van der Waals surface area (Å²) in [6.07, 6.45) is 8.53. The number of rotatable bonds is 9. The first-order valence-electron chi connectivity index (χ1n) is 18.9. The largest absolute Gasteiger partial charge is 0.446 e. The minimum atomic E-state index is -1.50. The Morgan fingerprint density at radius 2 is 1.75 bits per heavy atom. The van der Waals surface area contributed by atoms with Gasteiger partial charge in [-0.2, -0.15) is 0 Å². The molecule has 1 saturated heterocycles. The Labute approximate surface area is 287 Å². The molecule has 1 amide bonds. The predicted molar refractivity (Wildman–Crippen MR) is 186 cm³/mol. The number of aliphatic hydroxyl groups is 4. The van der Waals surface area contributed by atoms with Crippen LogP contribution in [-0.2, 0) is 9.47 Å². The fourth-order valence-corrected chi connectivity index (χ4v) is 11.3. The molecule has 1 aliphatic heterocycles. The van der Waals surface area contributed by atoms with E-state index < -0.39 is 43.2 Å². The number of nitrogens with one attached hydrogen (secondary N) is 1. The quantitative estimate of drug-likeness (QED) is 0.177. The van der Waals surface area contributed by atoms with Crippen LogP contribution >= 0.6 is 0 Å². The van der Waals surface area contributed by atoms with Crippen LogP contribution in [0.3, 0.4) is 0 Å². The maximum atomic E-state index is 13.3. The molecular formula is C40H61NO7. The molecular weight excluding hydrogens is 606 g/mol. The first kappa shape index (κ1) is 35.8. The summed E-state index contributed by atoms with van der Waals surface area (Å²) in [5.74, 6) is 4.72. The normalized spacial score (nSPS) is 41.5. The number of anilines is 1. The number of hydrogen-bond acceptors (Lipinski definition) is 7. The number of allylic oxidation sites excluding steroid dienone is 1. The van der Waals surface area contributed by atoms with Gasteiger partial charge >= 0.3 is 6.09 Å². The third-order valence-corrected chi connectivity index (χ3v) is 13.9. The topological polar surface area (TPSA) is 128 Å². The van der Waals surface area contributed by atoms with Crippen molar-refractivity contribution in [3.63, 3.8) is 0 Å². The maximum absolute atomic E-state index is 13.3. The molecule has 3 saturated carbocycles. The predicted octanol–water partition coefficient (Wildman–Crippen LogP) is 7.16. The summed E-state index contributed by atoms with van der Waals surface area (Å²) < 4.78 is 11.8. The van der Waals surface area contributed by atoms with Gasteiger partial charge in [-0.05, 0) is 97.3 Å². The maximum Gasteiger partial charge on any atom is 0.411 e. The number of amides is 1. The SMILES string of the molecule is CC(C)CCC[C@@H](C)[C@H]1CC[C@H]2[C@@H]3CC=C4C[C@@H](OC(=O)Nc5ccccc5[C@@H]5O[C@H](CO)[C@H](O)[C@H](O)[C@H]5O)CC[C@]4(C)[C@H]3CC[C@]12C. The van der Waals surface area contributed by atoms with Crippen LogP contribution in [0.4, 0.5) is 10.5 Å². The average molecular weight is 668 g/mol. The number of carbonyl (C=O) groups excluding carboxylic acids is 1. The molecule has 0 unspecified atom stereocenters. The summed E-state index contributed by atoms with van der Waals surface area (Å²) in [5.41, 5.74) is 2.92. The molecule has 268 valence electrons. The van der Waals surface area contributed by atoms with Crippen molar-refractivity contribution in [3.8, 4) is 0 Å². The van der Waals surface area contributed by atoms with Crippen LogP contribution in [0.25, 0.3) is 0 Å². The van der Waals surface area contributed by atoms with Crippen molar-refractivity contribution in [1.29, 1.82) is 0 Å². The van der Waals surface area contributed by atoms with E-state index in [9.17, 15) is 25.2 Å². The number of hydrogen-bond donors (Lipinski definition) is 5. The van der Waals surface area contributed by atoms with E-state index in [1.165, 1.54) is 50.5 Å². The van der Waals surface area contributed by atoms with Gasteiger partial charge in [-0.1, -0.05) is 83.7 Å². The molecule has 0 bridgehead atoms. The fourth-order valence-electron chi connectivity index (χ4n) is 11.3. The molecule has 5 aliphatic rings. The van der Waals surface area contributed by atoms with Gasteiger partial charge in [0, 0.05) is 17.7 Å². The Hall–Kier alpha value is -1.97. The second-order valence-electron chi connectivity index (χ2n) is 17.0. The van der Waals surface area contributed by atoms with Crippen molar-refractivity contribution >= 4 is 11.8 Å². The summed E-state index contributed by atoms with van der Waals surface area (Å²) >= 11 is 0. The summed E-state index contributed by atoms with van der Waals surface area (Å²) in [6.45, 7) is 11.8. The molecule has 48 heavy (non-hydrogen) atoms. The van der Waals surface area contributed by atoms with E-state index in [0.29, 0.717) is 22.6 Å². The lowest BCUT2D eigenvalue weighted by atomic mass is 9.47. The molecule has 1 aromatic rings. The fraction of sp³-hybridized carbons (Fsp3) is 0.775. The van der Waals surface area contributed by atoms with Gasteiger partial charge in [0.1, 0.15) is 36.6 Å². The van der Waals surface area contributed by atoms with Crippen molar-refractivity contribution in [1.82, 2.24) is 0 Å². The second-order valence-corrected chi connectivity index (χ2v) is 17.0. The molecule has 8 heteroatoms. The molecule has 4 aliphatic carbocycles. The average Bonchev–Trinajstić information content (AvgIpc) is 3.41. The van der Waals surface area contributed by atoms with Crippen LogP contribution in [-0.4, -0.2) is 63.6 Å². The highest BCUT2D eigenvalue weighted by Crippen LogP contribution is 2.67. The molecule has 0 spiro atoms. The zero-order chi connectivity index (χ0) is 34.4. The van der Waals surface area contributed by atoms with E-state index >= 15 is 0 Å². The lowest BCUT2D eigenvalue weighted by molar-refractivity contribution is -0.231. The molecule has 13 atom stereocenters. The van der Waals surface area contributed by atoms with Gasteiger partial charge in [-0.3, -0.25) is 5.32 Å². The highest BCUT2D eigenvalue weighted by Gasteiger charge is 2.59. The second kappa shape index (κ2) is 14.3. The van der Waals surface area contributed by atoms with Gasteiger partial charge in [0.15, 0.2) is 0 Å². The lowest BCUT2D eigenvalue weighted by Crippen LogP contribution is -2.55. The first-order chi connectivity index (χ1) is 22.9. The summed E-state index contributed by atoms with van der Waals surface area (Å²) in [4.78, 5) is 13.3. The lowest BCUT2D eigenvalue weighted by Gasteiger charge is -2.58. The van der Waals surface area contributed by atoms with Gasteiger partial charge in [0.2, 0.25) is 0 Å². The summed E-state index contributed by atoms with van der Waals surface area (Å²) in [5, 5.41) is 43.7. The molecule has 4 fully saturated rings. The Morgan fingerprint density at radius 1 is 0.979 bits per heavy atom. The standard InChI is InChI=1S/C40H61NO7/c1-23(2)9-8-10-24(3)29-15-16-30-27-14-13-25-21-26(17-19-39(25,4)31(27)18-20-40(29,30)5)47-38(46)41-32-12-7-6-11-28(32)37-36(45)35(44)34(43)33(22-42)48-37/h6-7,11-13,23-24,26-27,29-31,33-37,42-45H,8-10,14-22H2,1-5H3,(H,41,46)/t24-,26+,27+,29-,30+,31+,33-,34+,35+,36-,37+,39+,40-/m1/s1. The first-order valence-corrected chi connectivity index (χ1v) is 18.9. The van der Waals surface area contributed by atoms with Crippen LogP contribution in [0.15, 0.2) is 35.9 Å². The number of para-hydroxylation sites is 1. The van der Waals surface area contributed by atoms with Gasteiger partial charge in [-0.15, -0.1) is 0 Å². The van der Waals surface area contributed by atoms with E-state index in [1.54, 1.807) is 24.3 Å². The summed E-state index contributed by atoms with van der Waals surface area (Å²) in [6, 6.07) is 6.88.